The van der Waals surface area contributed by atoms with Crippen LogP contribution in [-0.2, 0) is 6.42 Å². The molecule has 0 amide bonds. The van der Waals surface area contributed by atoms with E-state index in [4.69, 9.17) is 17.3 Å². The van der Waals surface area contributed by atoms with Crippen LogP contribution in [0.4, 0.5) is 15.2 Å². The molecule has 2 N–H and O–H groups in total. The molecule has 0 saturated carbocycles. The predicted octanol–water partition coefficient (Wildman–Crippen LogP) is 4.04. The number of hydrogen-bond acceptors (Lipinski definition) is 5. The molecule has 2 aromatic carbocycles. The minimum Gasteiger partial charge on any atom is -0.375 e. The molecule has 1 saturated heterocycles. The van der Waals surface area contributed by atoms with E-state index in [0.717, 1.165) is 59.9 Å². The fraction of sp³-hybridized carbons (Fsp3) is 0.316. The van der Waals surface area contributed by atoms with Crippen molar-refractivity contribution in [3.05, 3.63) is 52.8 Å². The van der Waals surface area contributed by atoms with Gasteiger partial charge in [-0.15, -0.1) is 0 Å². The summed E-state index contributed by atoms with van der Waals surface area (Å²) in [6.45, 7) is 4.82. The topological polar surface area (TPSA) is 45.4 Å². The number of piperazine rings is 1. The van der Waals surface area contributed by atoms with E-state index in [-0.39, 0.29) is 5.82 Å². The van der Waals surface area contributed by atoms with Gasteiger partial charge in [0.1, 0.15) is 5.82 Å². The van der Waals surface area contributed by atoms with Crippen molar-refractivity contribution in [2.45, 2.75) is 6.42 Å². The Morgan fingerprint density at radius 3 is 2.58 bits per heavy atom. The summed E-state index contributed by atoms with van der Waals surface area (Å²) >= 11 is 7.30. The highest BCUT2D eigenvalue weighted by Crippen LogP contribution is 2.28. The SMILES string of the molecule is Nc1nc2c(CCN3CCN(c4ccc(Cl)cc4)CC3)cc(F)cc2s1. The minimum absolute atomic E-state index is 0.219. The Kier molecular flexibility index (Phi) is 4.98. The van der Waals surface area contributed by atoms with E-state index in [1.807, 2.05) is 12.1 Å². The maximum absolute atomic E-state index is 13.8. The normalized spacial score (nSPS) is 15.7. The lowest BCUT2D eigenvalue weighted by atomic mass is 10.1. The van der Waals surface area contributed by atoms with Gasteiger partial charge in [-0.1, -0.05) is 22.9 Å². The summed E-state index contributed by atoms with van der Waals surface area (Å²) in [5, 5.41) is 1.25. The van der Waals surface area contributed by atoms with E-state index < -0.39 is 0 Å². The first-order valence-corrected chi connectivity index (χ1v) is 9.85. The quantitative estimate of drug-likeness (QED) is 0.730. The molecule has 4 rings (SSSR count). The van der Waals surface area contributed by atoms with E-state index in [9.17, 15) is 4.39 Å². The summed E-state index contributed by atoms with van der Waals surface area (Å²) in [6.07, 6.45) is 0.776. The average molecular weight is 391 g/mol. The summed E-state index contributed by atoms with van der Waals surface area (Å²) in [7, 11) is 0. The van der Waals surface area contributed by atoms with E-state index in [1.54, 1.807) is 6.07 Å². The minimum atomic E-state index is -0.219. The molecule has 1 aliphatic rings. The third kappa shape index (κ3) is 3.77. The molecule has 1 aromatic heterocycles. The highest BCUT2D eigenvalue weighted by atomic mass is 35.5. The Morgan fingerprint density at radius 2 is 1.85 bits per heavy atom. The Balaban J connectivity index is 1.37. The largest absolute Gasteiger partial charge is 0.375 e. The fourth-order valence-electron chi connectivity index (χ4n) is 3.43. The Hall–Kier alpha value is -1.89. The molecule has 7 heteroatoms. The van der Waals surface area contributed by atoms with Crippen molar-refractivity contribution in [1.82, 2.24) is 9.88 Å². The van der Waals surface area contributed by atoms with Crippen LogP contribution in [-0.4, -0.2) is 42.6 Å². The lowest BCUT2D eigenvalue weighted by Gasteiger charge is -2.36. The highest BCUT2D eigenvalue weighted by molar-refractivity contribution is 7.22. The maximum atomic E-state index is 13.8. The number of benzene rings is 2. The van der Waals surface area contributed by atoms with Gasteiger partial charge < -0.3 is 10.6 Å². The number of fused-ring (bicyclic) bond motifs is 1. The molecule has 0 bridgehead atoms. The number of nitrogens with zero attached hydrogens (tertiary/aromatic N) is 3. The molecule has 26 heavy (non-hydrogen) atoms. The number of rotatable bonds is 4. The number of hydrogen-bond donors (Lipinski definition) is 1. The Labute approximate surface area is 161 Å². The average Bonchev–Trinajstić information content (AvgIpc) is 3.01. The smallest absolute Gasteiger partial charge is 0.181 e. The zero-order chi connectivity index (χ0) is 18.1. The van der Waals surface area contributed by atoms with Crippen LogP contribution in [0.2, 0.25) is 5.02 Å². The maximum Gasteiger partial charge on any atom is 0.181 e. The zero-order valence-corrected chi connectivity index (χ0v) is 15.9. The Morgan fingerprint density at radius 1 is 1.12 bits per heavy atom. The van der Waals surface area contributed by atoms with Gasteiger partial charge in [-0.2, -0.15) is 0 Å². The third-order valence-electron chi connectivity index (χ3n) is 4.82. The summed E-state index contributed by atoms with van der Waals surface area (Å²) in [5.41, 5.74) is 8.78. The summed E-state index contributed by atoms with van der Waals surface area (Å²) in [5.74, 6) is -0.219. The van der Waals surface area contributed by atoms with Crippen LogP contribution in [0, 0.1) is 5.82 Å². The molecule has 0 radical (unpaired) electrons. The lowest BCUT2D eigenvalue weighted by molar-refractivity contribution is 0.261. The van der Waals surface area contributed by atoms with Gasteiger partial charge >= 0.3 is 0 Å². The monoisotopic (exact) mass is 390 g/mol. The number of nitrogens with two attached hydrogens (primary N) is 1. The van der Waals surface area contributed by atoms with Gasteiger partial charge in [0.15, 0.2) is 5.13 Å². The molecule has 1 fully saturated rings. The van der Waals surface area contributed by atoms with Crippen molar-refractivity contribution in [2.75, 3.05) is 43.4 Å². The van der Waals surface area contributed by atoms with Crippen molar-refractivity contribution in [1.29, 1.82) is 0 Å². The molecule has 2 heterocycles. The molecule has 4 nitrogen and oxygen atoms in total. The molecular formula is C19H20ClFN4S. The van der Waals surface area contributed by atoms with Crippen LogP contribution in [0.25, 0.3) is 10.2 Å². The molecule has 136 valence electrons. The van der Waals surface area contributed by atoms with Crippen LogP contribution >= 0.6 is 22.9 Å². The fourth-order valence-corrected chi connectivity index (χ4v) is 4.36. The van der Waals surface area contributed by atoms with Gasteiger partial charge in [0.05, 0.1) is 10.2 Å². The first kappa shape index (κ1) is 17.5. The summed E-state index contributed by atoms with van der Waals surface area (Å²) < 4.78 is 14.7. The van der Waals surface area contributed by atoms with Gasteiger partial charge in [0.2, 0.25) is 0 Å². The molecule has 1 aliphatic heterocycles. The zero-order valence-electron chi connectivity index (χ0n) is 14.3. The number of nitrogen functional groups attached to an aromatic ring is 1. The highest BCUT2D eigenvalue weighted by Gasteiger charge is 2.18. The molecule has 3 aromatic rings. The second-order valence-corrected chi connectivity index (χ2v) is 8.02. The van der Waals surface area contributed by atoms with Crippen molar-refractivity contribution in [3.8, 4) is 0 Å². The van der Waals surface area contributed by atoms with Crippen molar-refractivity contribution >= 4 is 44.0 Å². The van der Waals surface area contributed by atoms with Gasteiger partial charge in [-0.05, 0) is 48.4 Å². The van der Waals surface area contributed by atoms with Crippen LogP contribution < -0.4 is 10.6 Å². The summed E-state index contributed by atoms with van der Waals surface area (Å²) in [4.78, 5) is 9.15. The first-order valence-electron chi connectivity index (χ1n) is 8.66. The van der Waals surface area contributed by atoms with Gasteiger partial charge in [0.25, 0.3) is 0 Å². The van der Waals surface area contributed by atoms with Crippen molar-refractivity contribution in [2.24, 2.45) is 0 Å². The number of anilines is 2. The van der Waals surface area contributed by atoms with E-state index in [1.165, 1.54) is 23.1 Å². The molecular weight excluding hydrogens is 371 g/mol. The number of aromatic nitrogens is 1. The second kappa shape index (κ2) is 7.39. The van der Waals surface area contributed by atoms with Crippen LogP contribution in [0.5, 0.6) is 0 Å². The van der Waals surface area contributed by atoms with Gasteiger partial charge in [-0.25, -0.2) is 9.37 Å². The number of thiazole rings is 1. The molecule has 0 spiro atoms. The van der Waals surface area contributed by atoms with E-state index in [2.05, 4.69) is 26.9 Å². The molecule has 0 atom stereocenters. The van der Waals surface area contributed by atoms with Crippen molar-refractivity contribution < 1.29 is 4.39 Å². The molecule has 0 aliphatic carbocycles. The van der Waals surface area contributed by atoms with Gasteiger partial charge in [-0.3, -0.25) is 4.90 Å². The van der Waals surface area contributed by atoms with Gasteiger partial charge in [0, 0.05) is 43.4 Å². The van der Waals surface area contributed by atoms with E-state index in [0.29, 0.717) is 5.13 Å². The predicted molar refractivity (Wildman–Crippen MR) is 108 cm³/mol. The molecule has 0 unspecified atom stereocenters. The second-order valence-electron chi connectivity index (χ2n) is 6.52. The first-order chi connectivity index (χ1) is 12.6. The van der Waals surface area contributed by atoms with Crippen LogP contribution in [0.15, 0.2) is 36.4 Å². The number of halogens is 2. The van der Waals surface area contributed by atoms with Crippen LogP contribution in [0.1, 0.15) is 5.56 Å². The summed E-state index contributed by atoms with van der Waals surface area (Å²) in [6, 6.07) is 11.1. The standard InChI is InChI=1S/C19H20ClFN4S/c20-14-1-3-16(4-2-14)25-9-7-24(8-10-25)6-5-13-11-15(21)12-17-18(13)23-19(22)26-17/h1-4,11-12H,5-10H2,(H2,22,23). The Bertz CT molecular complexity index is 904. The third-order valence-corrected chi connectivity index (χ3v) is 5.90. The van der Waals surface area contributed by atoms with E-state index >= 15 is 0 Å². The lowest BCUT2D eigenvalue weighted by Crippen LogP contribution is -2.47. The van der Waals surface area contributed by atoms with Crippen molar-refractivity contribution in [3.63, 3.8) is 0 Å². The van der Waals surface area contributed by atoms with Crippen LogP contribution in [0.3, 0.4) is 0 Å².